The van der Waals surface area contributed by atoms with E-state index in [0.29, 0.717) is 16.3 Å². The minimum absolute atomic E-state index is 0.0285. The number of non-ortho nitro benzene ring substituents is 1. The summed E-state index contributed by atoms with van der Waals surface area (Å²) in [6, 6.07) is 11.8. The number of nitrogens with zero attached hydrogens (tertiary/aromatic N) is 2. The van der Waals surface area contributed by atoms with Crippen molar-refractivity contribution in [3.63, 3.8) is 0 Å². The molecule has 0 aliphatic carbocycles. The normalized spacial score (nSPS) is 17.1. The molecule has 1 aliphatic rings. The van der Waals surface area contributed by atoms with Gasteiger partial charge in [-0.1, -0.05) is 17.7 Å². The van der Waals surface area contributed by atoms with E-state index >= 15 is 0 Å². The molecule has 9 heteroatoms. The van der Waals surface area contributed by atoms with Gasteiger partial charge in [0, 0.05) is 35.7 Å². The Hall–Kier alpha value is -3.26. The molecular weight excluding hydrogens is 400 g/mol. The lowest BCUT2D eigenvalue weighted by Gasteiger charge is -2.17. The van der Waals surface area contributed by atoms with Gasteiger partial charge in [0.15, 0.2) is 6.10 Å². The third kappa shape index (κ3) is 4.60. The highest BCUT2D eigenvalue weighted by atomic mass is 35.5. The Bertz CT molecular complexity index is 975. The Balaban J connectivity index is 1.65. The highest BCUT2D eigenvalue weighted by molar-refractivity contribution is 6.30. The van der Waals surface area contributed by atoms with Gasteiger partial charge in [-0.2, -0.15) is 0 Å². The van der Waals surface area contributed by atoms with Crippen molar-refractivity contribution in [1.29, 1.82) is 0 Å². The van der Waals surface area contributed by atoms with Gasteiger partial charge in [0.25, 0.3) is 5.69 Å². The van der Waals surface area contributed by atoms with Crippen LogP contribution < -0.4 is 4.90 Å². The summed E-state index contributed by atoms with van der Waals surface area (Å²) in [6.07, 6.45) is -1.12. The summed E-state index contributed by atoms with van der Waals surface area (Å²) in [5.41, 5.74) is 0.545. The third-order valence-corrected chi connectivity index (χ3v) is 4.85. The fourth-order valence-electron chi connectivity index (χ4n) is 3.06. The lowest BCUT2D eigenvalue weighted by Crippen LogP contribution is -2.30. The Labute approximate surface area is 171 Å². The van der Waals surface area contributed by atoms with E-state index in [9.17, 15) is 24.5 Å². The summed E-state index contributed by atoms with van der Waals surface area (Å²) in [5, 5.41) is 11.4. The lowest BCUT2D eigenvalue weighted by molar-refractivity contribution is -0.384. The molecule has 0 radical (unpaired) electrons. The fraction of sp³-hybridized carbons (Fsp3) is 0.250. The van der Waals surface area contributed by atoms with Gasteiger partial charge < -0.3 is 9.64 Å². The number of hydrogen-bond donors (Lipinski definition) is 0. The Morgan fingerprint density at radius 3 is 2.59 bits per heavy atom. The predicted octanol–water partition coefficient (Wildman–Crippen LogP) is 3.42. The van der Waals surface area contributed by atoms with Gasteiger partial charge in [0.05, 0.1) is 16.5 Å². The van der Waals surface area contributed by atoms with Crippen LogP contribution in [-0.4, -0.2) is 35.2 Å². The lowest BCUT2D eigenvalue weighted by atomic mass is 10.1. The maximum Gasteiger partial charge on any atom is 0.312 e. The van der Waals surface area contributed by atoms with Gasteiger partial charge >= 0.3 is 5.97 Å². The molecule has 0 N–H and O–H groups in total. The minimum atomic E-state index is -1.02. The van der Waals surface area contributed by atoms with Crippen molar-refractivity contribution in [2.45, 2.75) is 19.4 Å². The summed E-state index contributed by atoms with van der Waals surface area (Å²) in [6.45, 7) is 1.49. The minimum Gasteiger partial charge on any atom is -0.454 e. The van der Waals surface area contributed by atoms with Crippen molar-refractivity contribution in [2.24, 2.45) is 5.92 Å². The van der Waals surface area contributed by atoms with Crippen molar-refractivity contribution >= 4 is 40.6 Å². The summed E-state index contributed by atoms with van der Waals surface area (Å²) >= 11 is 5.80. The number of carbonyl (C=O) groups excluding carboxylic acids is 3. The molecule has 1 aliphatic heterocycles. The number of ether oxygens (including phenoxy) is 1. The molecule has 0 bridgehead atoms. The number of esters is 1. The molecule has 0 spiro atoms. The second kappa shape index (κ2) is 8.40. The van der Waals surface area contributed by atoms with Crippen LogP contribution in [0.5, 0.6) is 0 Å². The van der Waals surface area contributed by atoms with Gasteiger partial charge in [0.2, 0.25) is 11.7 Å². The average molecular weight is 417 g/mol. The topological polar surface area (TPSA) is 107 Å². The van der Waals surface area contributed by atoms with E-state index in [1.54, 1.807) is 18.2 Å². The monoisotopic (exact) mass is 416 g/mol. The van der Waals surface area contributed by atoms with Gasteiger partial charge in [-0.3, -0.25) is 24.5 Å². The molecule has 1 amide bonds. The molecule has 150 valence electrons. The smallest absolute Gasteiger partial charge is 0.312 e. The first-order valence-corrected chi connectivity index (χ1v) is 9.19. The molecule has 1 heterocycles. The maximum atomic E-state index is 12.5. The molecular formula is C20H17ClN2O6. The SMILES string of the molecule is C[C@H](OC(=O)[C@H]1CC(=O)N(c2cccc([N+](=O)[O-])c2)C1)C(=O)c1ccc(Cl)cc1. The first-order chi connectivity index (χ1) is 13.8. The highest BCUT2D eigenvalue weighted by Gasteiger charge is 2.37. The molecule has 1 fully saturated rings. The van der Waals surface area contributed by atoms with E-state index < -0.39 is 22.9 Å². The summed E-state index contributed by atoms with van der Waals surface area (Å²) < 4.78 is 5.27. The standard InChI is InChI=1S/C20H17ClN2O6/c1-12(19(25)13-5-7-15(21)8-6-13)29-20(26)14-9-18(24)22(11-14)16-3-2-4-17(10-16)23(27)28/h2-8,10,12,14H,9,11H2,1H3/t12-,14-/m0/s1. The van der Waals surface area contributed by atoms with Crippen molar-refractivity contribution in [2.75, 3.05) is 11.4 Å². The number of nitro benzene ring substituents is 1. The molecule has 2 aromatic carbocycles. The van der Waals surface area contributed by atoms with E-state index in [-0.39, 0.29) is 30.3 Å². The van der Waals surface area contributed by atoms with Crippen molar-refractivity contribution in [3.8, 4) is 0 Å². The molecule has 0 aromatic heterocycles. The zero-order valence-electron chi connectivity index (χ0n) is 15.4. The van der Waals surface area contributed by atoms with Crippen LogP contribution in [-0.2, 0) is 14.3 Å². The van der Waals surface area contributed by atoms with Gasteiger partial charge in [-0.25, -0.2) is 0 Å². The van der Waals surface area contributed by atoms with Crippen LogP contribution in [0.4, 0.5) is 11.4 Å². The largest absolute Gasteiger partial charge is 0.454 e. The Kier molecular flexibility index (Phi) is 5.93. The van der Waals surface area contributed by atoms with E-state index in [1.807, 2.05) is 0 Å². The molecule has 3 rings (SSSR count). The third-order valence-electron chi connectivity index (χ3n) is 4.60. The summed E-state index contributed by atoms with van der Waals surface area (Å²) in [4.78, 5) is 48.9. The Morgan fingerprint density at radius 2 is 1.93 bits per heavy atom. The molecule has 29 heavy (non-hydrogen) atoms. The molecule has 2 aromatic rings. The number of carbonyl (C=O) groups is 3. The van der Waals surface area contributed by atoms with Crippen LogP contribution in [0.15, 0.2) is 48.5 Å². The average Bonchev–Trinajstić information content (AvgIpc) is 3.10. The number of anilines is 1. The van der Waals surface area contributed by atoms with Gasteiger partial charge in [0.1, 0.15) is 0 Å². The number of halogens is 1. The van der Waals surface area contributed by atoms with Gasteiger partial charge in [-0.15, -0.1) is 0 Å². The van der Waals surface area contributed by atoms with E-state index in [4.69, 9.17) is 16.3 Å². The first-order valence-electron chi connectivity index (χ1n) is 8.81. The van der Waals surface area contributed by atoms with Crippen LogP contribution >= 0.6 is 11.6 Å². The number of hydrogen-bond acceptors (Lipinski definition) is 6. The van der Waals surface area contributed by atoms with E-state index in [1.165, 1.54) is 42.2 Å². The number of rotatable bonds is 6. The van der Waals surface area contributed by atoms with Crippen LogP contribution in [0.25, 0.3) is 0 Å². The first kappa shape index (κ1) is 20.5. The molecule has 1 saturated heterocycles. The Morgan fingerprint density at radius 1 is 1.24 bits per heavy atom. The van der Waals surface area contributed by atoms with E-state index in [2.05, 4.69) is 0 Å². The van der Waals surface area contributed by atoms with Crippen molar-refractivity contribution < 1.29 is 24.0 Å². The van der Waals surface area contributed by atoms with Crippen LogP contribution in [0.2, 0.25) is 5.02 Å². The highest BCUT2D eigenvalue weighted by Crippen LogP contribution is 2.28. The van der Waals surface area contributed by atoms with Gasteiger partial charge in [-0.05, 0) is 37.3 Å². The maximum absolute atomic E-state index is 12.5. The summed E-state index contributed by atoms with van der Waals surface area (Å²) in [7, 11) is 0. The van der Waals surface area contributed by atoms with Crippen LogP contribution in [0, 0.1) is 16.0 Å². The second-order valence-electron chi connectivity index (χ2n) is 6.63. The zero-order valence-corrected chi connectivity index (χ0v) is 16.2. The number of ketones is 1. The van der Waals surface area contributed by atoms with Crippen molar-refractivity contribution in [1.82, 2.24) is 0 Å². The number of Topliss-reactive ketones (excluding diaryl/α,β-unsaturated/α-hetero) is 1. The molecule has 0 unspecified atom stereocenters. The van der Waals surface area contributed by atoms with Crippen LogP contribution in [0.3, 0.4) is 0 Å². The number of amides is 1. The zero-order chi connectivity index (χ0) is 21.1. The second-order valence-corrected chi connectivity index (χ2v) is 7.07. The van der Waals surface area contributed by atoms with Crippen molar-refractivity contribution in [3.05, 3.63) is 69.2 Å². The fourth-order valence-corrected chi connectivity index (χ4v) is 3.19. The molecule has 8 nitrogen and oxygen atoms in total. The number of nitro groups is 1. The quantitative estimate of drug-likeness (QED) is 0.309. The summed E-state index contributed by atoms with van der Waals surface area (Å²) in [5.74, 6) is -2.15. The van der Waals surface area contributed by atoms with E-state index in [0.717, 1.165) is 0 Å². The molecule has 0 saturated carbocycles. The molecule has 2 atom stereocenters. The van der Waals surface area contributed by atoms with Crippen LogP contribution in [0.1, 0.15) is 23.7 Å². The predicted molar refractivity (Wildman–Crippen MR) is 105 cm³/mol. The number of benzene rings is 2.